The lowest BCUT2D eigenvalue weighted by Crippen LogP contribution is -2.28. The average Bonchev–Trinajstić information content (AvgIpc) is 2.60. The van der Waals surface area contributed by atoms with E-state index < -0.39 is 4.92 Å². The van der Waals surface area contributed by atoms with Gasteiger partial charge in [0.1, 0.15) is 12.4 Å². The summed E-state index contributed by atoms with van der Waals surface area (Å²) < 4.78 is 5.53. The molecule has 0 radical (unpaired) electrons. The van der Waals surface area contributed by atoms with E-state index in [1.807, 2.05) is 38.1 Å². The number of carbonyl (C=O) groups excluding carboxylic acids is 1. The summed E-state index contributed by atoms with van der Waals surface area (Å²) in [5, 5.41) is 13.9. The number of thioether (sulfide) groups is 1. The highest BCUT2D eigenvalue weighted by Crippen LogP contribution is 2.29. The fraction of sp³-hybridized carbons (Fsp3) is 0.278. The summed E-state index contributed by atoms with van der Waals surface area (Å²) in [7, 11) is 0. The van der Waals surface area contributed by atoms with Crippen molar-refractivity contribution in [3.63, 3.8) is 0 Å². The molecular formula is C18H20N2O4S. The van der Waals surface area contributed by atoms with Gasteiger partial charge >= 0.3 is 0 Å². The molecule has 0 atom stereocenters. The van der Waals surface area contributed by atoms with E-state index in [1.54, 1.807) is 12.1 Å². The first-order valence-corrected chi connectivity index (χ1v) is 8.88. The molecule has 0 spiro atoms. The van der Waals surface area contributed by atoms with Gasteiger partial charge in [-0.3, -0.25) is 14.9 Å². The molecule has 25 heavy (non-hydrogen) atoms. The van der Waals surface area contributed by atoms with Gasteiger partial charge in [0.25, 0.3) is 11.6 Å². The van der Waals surface area contributed by atoms with Crippen LogP contribution < -0.4 is 10.1 Å². The maximum Gasteiger partial charge on any atom is 0.283 e. The van der Waals surface area contributed by atoms with Crippen LogP contribution in [-0.2, 0) is 0 Å². The highest BCUT2D eigenvalue weighted by atomic mass is 32.2. The first kappa shape index (κ1) is 18.8. The molecule has 1 amide bonds. The fourth-order valence-corrected chi connectivity index (χ4v) is 2.91. The number of hydrogen-bond acceptors (Lipinski definition) is 5. The van der Waals surface area contributed by atoms with E-state index in [-0.39, 0.29) is 17.2 Å². The van der Waals surface area contributed by atoms with Crippen LogP contribution in [-0.4, -0.2) is 29.7 Å². The van der Waals surface area contributed by atoms with E-state index in [9.17, 15) is 14.9 Å². The molecule has 7 heteroatoms. The smallest absolute Gasteiger partial charge is 0.283 e. The Morgan fingerprint density at radius 2 is 1.96 bits per heavy atom. The van der Waals surface area contributed by atoms with Gasteiger partial charge in [-0.2, -0.15) is 0 Å². The molecule has 0 aliphatic carbocycles. The van der Waals surface area contributed by atoms with Gasteiger partial charge < -0.3 is 10.1 Å². The van der Waals surface area contributed by atoms with Crippen LogP contribution in [0.2, 0.25) is 0 Å². The third kappa shape index (κ3) is 5.49. The Balaban J connectivity index is 1.90. The minimum absolute atomic E-state index is 0.0459. The minimum atomic E-state index is -0.463. The van der Waals surface area contributed by atoms with Crippen molar-refractivity contribution in [2.24, 2.45) is 0 Å². The zero-order valence-electron chi connectivity index (χ0n) is 14.2. The van der Waals surface area contributed by atoms with E-state index in [4.69, 9.17) is 4.74 Å². The molecule has 0 aliphatic heterocycles. The Morgan fingerprint density at radius 1 is 1.24 bits per heavy atom. The SMILES string of the molecule is CCSc1ccc(C(=O)NCCOc2ccc(C)cc2)cc1[N+](=O)[O-]. The normalized spacial score (nSPS) is 10.3. The Labute approximate surface area is 150 Å². The number of rotatable bonds is 8. The number of aryl methyl sites for hydroxylation is 1. The van der Waals surface area contributed by atoms with Crippen LogP contribution in [0.4, 0.5) is 5.69 Å². The summed E-state index contributed by atoms with van der Waals surface area (Å²) in [5.41, 5.74) is 1.37. The second-order valence-corrected chi connectivity index (χ2v) is 6.60. The van der Waals surface area contributed by atoms with Gasteiger partial charge in [-0.05, 0) is 36.9 Å². The molecule has 0 fully saturated rings. The zero-order chi connectivity index (χ0) is 18.2. The summed E-state index contributed by atoms with van der Waals surface area (Å²) in [6, 6.07) is 12.2. The van der Waals surface area contributed by atoms with Crippen molar-refractivity contribution in [2.75, 3.05) is 18.9 Å². The highest BCUT2D eigenvalue weighted by Gasteiger charge is 2.17. The van der Waals surface area contributed by atoms with Crippen molar-refractivity contribution in [3.05, 3.63) is 63.7 Å². The summed E-state index contributed by atoms with van der Waals surface area (Å²) in [6.07, 6.45) is 0. The fourth-order valence-electron chi connectivity index (χ4n) is 2.15. The summed E-state index contributed by atoms with van der Waals surface area (Å²) >= 11 is 1.38. The predicted octanol–water partition coefficient (Wildman–Crippen LogP) is 3.82. The predicted molar refractivity (Wildman–Crippen MR) is 98.5 cm³/mol. The van der Waals surface area contributed by atoms with Gasteiger partial charge in [0.15, 0.2) is 0 Å². The number of carbonyl (C=O) groups is 1. The maximum atomic E-state index is 12.1. The van der Waals surface area contributed by atoms with Gasteiger partial charge in [0, 0.05) is 11.6 Å². The Morgan fingerprint density at radius 3 is 2.60 bits per heavy atom. The van der Waals surface area contributed by atoms with Crippen molar-refractivity contribution in [1.29, 1.82) is 0 Å². The van der Waals surface area contributed by atoms with Crippen molar-refractivity contribution >= 4 is 23.4 Å². The van der Waals surface area contributed by atoms with Crippen LogP contribution in [0.1, 0.15) is 22.8 Å². The molecule has 0 aliphatic rings. The van der Waals surface area contributed by atoms with E-state index in [2.05, 4.69) is 5.32 Å². The largest absolute Gasteiger partial charge is 0.492 e. The molecule has 0 saturated carbocycles. The number of nitro benzene ring substituents is 1. The van der Waals surface area contributed by atoms with Crippen LogP contribution in [0.5, 0.6) is 5.75 Å². The van der Waals surface area contributed by atoms with Gasteiger partial charge in [-0.15, -0.1) is 11.8 Å². The highest BCUT2D eigenvalue weighted by molar-refractivity contribution is 7.99. The van der Waals surface area contributed by atoms with Gasteiger partial charge in [-0.1, -0.05) is 24.6 Å². The van der Waals surface area contributed by atoms with E-state index in [1.165, 1.54) is 17.8 Å². The number of nitrogens with one attached hydrogen (secondary N) is 1. The Hall–Kier alpha value is -2.54. The molecule has 0 heterocycles. The number of nitrogens with zero attached hydrogens (tertiary/aromatic N) is 1. The van der Waals surface area contributed by atoms with Gasteiger partial charge in [-0.25, -0.2) is 0 Å². The molecule has 2 rings (SSSR count). The first-order valence-electron chi connectivity index (χ1n) is 7.90. The lowest BCUT2D eigenvalue weighted by molar-refractivity contribution is -0.387. The third-order valence-electron chi connectivity index (χ3n) is 3.39. The van der Waals surface area contributed by atoms with E-state index in [0.717, 1.165) is 17.1 Å². The monoisotopic (exact) mass is 360 g/mol. The molecule has 0 unspecified atom stereocenters. The Kier molecular flexibility index (Phi) is 6.82. The van der Waals surface area contributed by atoms with Crippen LogP contribution in [0, 0.1) is 17.0 Å². The molecule has 0 bridgehead atoms. The van der Waals surface area contributed by atoms with Crippen LogP contribution in [0.15, 0.2) is 47.4 Å². The molecule has 0 aromatic heterocycles. The van der Waals surface area contributed by atoms with Crippen molar-refractivity contribution in [3.8, 4) is 5.75 Å². The molecule has 2 aromatic rings. The van der Waals surface area contributed by atoms with Crippen molar-refractivity contribution in [2.45, 2.75) is 18.7 Å². The molecule has 0 saturated heterocycles. The number of hydrogen-bond donors (Lipinski definition) is 1. The number of benzene rings is 2. The molecule has 132 valence electrons. The quantitative estimate of drug-likeness (QED) is 0.335. The van der Waals surface area contributed by atoms with Crippen molar-refractivity contribution in [1.82, 2.24) is 5.32 Å². The molecular weight excluding hydrogens is 340 g/mol. The topological polar surface area (TPSA) is 81.5 Å². The lowest BCUT2D eigenvalue weighted by atomic mass is 10.2. The second kappa shape index (κ2) is 9.08. The standard InChI is InChI=1S/C18H20N2O4S/c1-3-25-17-9-6-14(12-16(17)20(22)23)18(21)19-10-11-24-15-7-4-13(2)5-8-15/h4-9,12H,3,10-11H2,1-2H3,(H,19,21). The summed E-state index contributed by atoms with van der Waals surface area (Å²) in [4.78, 5) is 23.4. The van der Waals surface area contributed by atoms with Crippen LogP contribution >= 0.6 is 11.8 Å². The molecule has 1 N–H and O–H groups in total. The van der Waals surface area contributed by atoms with Gasteiger partial charge in [0.05, 0.1) is 16.4 Å². The van der Waals surface area contributed by atoms with E-state index in [0.29, 0.717) is 18.0 Å². The van der Waals surface area contributed by atoms with Crippen molar-refractivity contribution < 1.29 is 14.5 Å². The average molecular weight is 360 g/mol. The Bertz CT molecular complexity index is 747. The minimum Gasteiger partial charge on any atom is -0.492 e. The van der Waals surface area contributed by atoms with Crippen LogP contribution in [0.3, 0.4) is 0 Å². The van der Waals surface area contributed by atoms with Crippen LogP contribution in [0.25, 0.3) is 0 Å². The number of ether oxygens (including phenoxy) is 1. The van der Waals surface area contributed by atoms with E-state index >= 15 is 0 Å². The third-order valence-corrected chi connectivity index (χ3v) is 4.34. The summed E-state index contributed by atoms with van der Waals surface area (Å²) in [6.45, 7) is 4.54. The lowest BCUT2D eigenvalue weighted by Gasteiger charge is -2.09. The zero-order valence-corrected chi connectivity index (χ0v) is 15.0. The molecule has 6 nitrogen and oxygen atoms in total. The number of nitro groups is 1. The number of amides is 1. The second-order valence-electron chi connectivity index (χ2n) is 5.29. The molecule has 2 aromatic carbocycles. The summed E-state index contributed by atoms with van der Waals surface area (Å²) in [5.74, 6) is 1.10. The first-order chi connectivity index (χ1) is 12.0. The maximum absolute atomic E-state index is 12.1. The van der Waals surface area contributed by atoms with Gasteiger partial charge in [0.2, 0.25) is 0 Å².